The number of carbonyl (C=O) groups is 2. The van der Waals surface area contributed by atoms with Gasteiger partial charge in [0.1, 0.15) is 0 Å². The molecule has 0 radical (unpaired) electrons. The molecule has 134 valence electrons. The van der Waals surface area contributed by atoms with Crippen molar-refractivity contribution >= 4 is 34.0 Å². The maximum absolute atomic E-state index is 12.2. The number of hydrogen-bond acceptors (Lipinski definition) is 4. The number of carbonyl (C=O) groups excluding carboxylic acids is 2. The van der Waals surface area contributed by atoms with Crippen LogP contribution in [-0.2, 0) is 0 Å². The van der Waals surface area contributed by atoms with E-state index in [2.05, 4.69) is 16.0 Å². The number of thiophene rings is 1. The minimum atomic E-state index is -0.368. The second-order valence-corrected chi connectivity index (χ2v) is 7.18. The number of anilines is 2. The fourth-order valence-corrected chi connectivity index (χ4v) is 3.13. The predicted octanol–water partition coefficient (Wildman–Crippen LogP) is 3.53. The Labute approximate surface area is 151 Å². The van der Waals surface area contributed by atoms with Gasteiger partial charge in [-0.15, -0.1) is 11.3 Å². The van der Waals surface area contributed by atoms with E-state index in [1.807, 2.05) is 32.0 Å². The summed E-state index contributed by atoms with van der Waals surface area (Å²) in [5.74, 6) is 0.126. The second kappa shape index (κ2) is 9.19. The summed E-state index contributed by atoms with van der Waals surface area (Å²) in [6.45, 7) is 3.97. The molecule has 3 amide bonds. The third-order valence-corrected chi connectivity index (χ3v) is 4.41. The van der Waals surface area contributed by atoms with Gasteiger partial charge >= 0.3 is 6.03 Å². The fourth-order valence-electron chi connectivity index (χ4n) is 2.33. The van der Waals surface area contributed by atoms with Crippen molar-refractivity contribution in [2.24, 2.45) is 5.92 Å². The molecule has 1 aromatic carbocycles. The molecule has 0 aliphatic carbocycles. The number of nitrogens with one attached hydrogen (secondary N) is 3. The maximum Gasteiger partial charge on any atom is 0.324 e. The lowest BCUT2D eigenvalue weighted by atomic mass is 10.0. The van der Waals surface area contributed by atoms with Crippen molar-refractivity contribution in [1.29, 1.82) is 0 Å². The lowest BCUT2D eigenvalue weighted by Gasteiger charge is -2.17. The van der Waals surface area contributed by atoms with E-state index in [0.717, 1.165) is 0 Å². The topological polar surface area (TPSA) is 90.5 Å². The minimum Gasteiger partial charge on any atom is -0.394 e. The number of aliphatic hydroxyl groups excluding tert-OH is 1. The molecule has 25 heavy (non-hydrogen) atoms. The molecule has 0 fully saturated rings. The quantitative estimate of drug-likeness (QED) is 0.608. The Morgan fingerprint density at radius 2 is 1.80 bits per heavy atom. The van der Waals surface area contributed by atoms with Crippen LogP contribution in [0.25, 0.3) is 0 Å². The lowest BCUT2D eigenvalue weighted by molar-refractivity contribution is 0.0912. The highest BCUT2D eigenvalue weighted by atomic mass is 32.1. The minimum absolute atomic E-state index is 0.0973. The standard InChI is InChI=1S/C18H23N3O3S/c1-12(2)10-14(11-22)19-17(23)15-8-9-16(25-15)21-18(24)20-13-6-4-3-5-7-13/h3-9,12,14,22H,10-11H2,1-2H3,(H,19,23)(H2,20,21,24)/t14-/m0/s1. The predicted molar refractivity (Wildman–Crippen MR) is 101 cm³/mol. The van der Waals surface area contributed by atoms with E-state index in [-0.39, 0.29) is 24.6 Å². The Morgan fingerprint density at radius 1 is 1.08 bits per heavy atom. The van der Waals surface area contributed by atoms with Crippen LogP contribution in [0.1, 0.15) is 29.9 Å². The van der Waals surface area contributed by atoms with Gasteiger partial charge in [0.15, 0.2) is 0 Å². The van der Waals surface area contributed by atoms with Gasteiger partial charge in [0, 0.05) is 5.69 Å². The Balaban J connectivity index is 1.90. The molecule has 0 aliphatic heterocycles. The molecule has 0 saturated carbocycles. The number of rotatable bonds is 7. The van der Waals surface area contributed by atoms with Gasteiger partial charge in [-0.05, 0) is 36.6 Å². The van der Waals surface area contributed by atoms with E-state index in [4.69, 9.17) is 0 Å². The van der Waals surface area contributed by atoms with Gasteiger partial charge in [-0.3, -0.25) is 10.1 Å². The number of benzene rings is 1. The Bertz CT molecular complexity index is 701. The van der Waals surface area contributed by atoms with E-state index in [1.165, 1.54) is 11.3 Å². The van der Waals surface area contributed by atoms with Crippen molar-refractivity contribution in [3.8, 4) is 0 Å². The summed E-state index contributed by atoms with van der Waals surface area (Å²) in [6, 6.07) is 11.8. The van der Waals surface area contributed by atoms with E-state index >= 15 is 0 Å². The van der Waals surface area contributed by atoms with Gasteiger partial charge < -0.3 is 15.7 Å². The monoisotopic (exact) mass is 361 g/mol. The van der Waals surface area contributed by atoms with Crippen LogP contribution >= 0.6 is 11.3 Å². The van der Waals surface area contributed by atoms with Crippen molar-refractivity contribution < 1.29 is 14.7 Å². The van der Waals surface area contributed by atoms with Crippen LogP contribution in [0.2, 0.25) is 0 Å². The summed E-state index contributed by atoms with van der Waals surface area (Å²) in [6.07, 6.45) is 0.707. The number of aliphatic hydroxyl groups is 1. The molecule has 7 heteroatoms. The first-order valence-corrected chi connectivity index (χ1v) is 8.94. The number of amides is 3. The molecule has 6 nitrogen and oxygen atoms in total. The summed E-state index contributed by atoms with van der Waals surface area (Å²) in [7, 11) is 0. The van der Waals surface area contributed by atoms with Crippen LogP contribution in [0.3, 0.4) is 0 Å². The van der Waals surface area contributed by atoms with Crippen LogP contribution in [-0.4, -0.2) is 29.7 Å². The summed E-state index contributed by atoms with van der Waals surface area (Å²) < 4.78 is 0. The highest BCUT2D eigenvalue weighted by molar-refractivity contribution is 7.18. The summed E-state index contributed by atoms with van der Waals surface area (Å²) >= 11 is 1.19. The smallest absolute Gasteiger partial charge is 0.324 e. The van der Waals surface area contributed by atoms with Gasteiger partial charge in [-0.2, -0.15) is 0 Å². The zero-order valence-electron chi connectivity index (χ0n) is 14.3. The van der Waals surface area contributed by atoms with E-state index in [1.54, 1.807) is 24.3 Å². The second-order valence-electron chi connectivity index (χ2n) is 6.09. The van der Waals surface area contributed by atoms with Crippen molar-refractivity contribution in [3.63, 3.8) is 0 Å². The Hall–Kier alpha value is -2.38. The number of hydrogen-bond donors (Lipinski definition) is 4. The van der Waals surface area contributed by atoms with Gasteiger partial charge in [-0.1, -0.05) is 32.0 Å². The average molecular weight is 361 g/mol. The van der Waals surface area contributed by atoms with Gasteiger partial charge in [0.25, 0.3) is 5.91 Å². The zero-order valence-corrected chi connectivity index (χ0v) is 15.1. The maximum atomic E-state index is 12.2. The molecule has 2 rings (SSSR count). The normalized spacial score (nSPS) is 11.8. The Morgan fingerprint density at radius 3 is 2.44 bits per heavy atom. The third kappa shape index (κ3) is 6.21. The van der Waals surface area contributed by atoms with E-state index in [9.17, 15) is 14.7 Å². The van der Waals surface area contributed by atoms with Crippen LogP contribution in [0.5, 0.6) is 0 Å². The van der Waals surface area contributed by atoms with Crippen molar-refractivity contribution in [2.45, 2.75) is 26.3 Å². The molecule has 4 N–H and O–H groups in total. The molecule has 0 aliphatic rings. The molecular weight excluding hydrogens is 338 g/mol. The van der Waals surface area contributed by atoms with Crippen LogP contribution in [0.15, 0.2) is 42.5 Å². The van der Waals surface area contributed by atoms with Crippen LogP contribution in [0.4, 0.5) is 15.5 Å². The van der Waals surface area contributed by atoms with Crippen molar-refractivity contribution in [1.82, 2.24) is 5.32 Å². The van der Waals surface area contributed by atoms with Gasteiger partial charge in [-0.25, -0.2) is 4.79 Å². The molecule has 2 aromatic rings. The summed E-state index contributed by atoms with van der Waals surface area (Å²) in [5.41, 5.74) is 0.689. The lowest BCUT2D eigenvalue weighted by Crippen LogP contribution is -2.38. The number of para-hydroxylation sites is 1. The van der Waals surface area contributed by atoms with Gasteiger partial charge in [0.05, 0.1) is 22.5 Å². The van der Waals surface area contributed by atoms with Gasteiger partial charge in [0.2, 0.25) is 0 Å². The molecule has 0 spiro atoms. The SMILES string of the molecule is CC(C)C[C@@H](CO)NC(=O)c1ccc(NC(=O)Nc2ccccc2)s1. The van der Waals surface area contributed by atoms with Crippen molar-refractivity contribution in [3.05, 3.63) is 47.3 Å². The molecule has 1 atom stereocenters. The fraction of sp³-hybridized carbons (Fsp3) is 0.333. The van der Waals surface area contributed by atoms with Crippen LogP contribution in [0, 0.1) is 5.92 Å². The molecular formula is C18H23N3O3S. The summed E-state index contributed by atoms with van der Waals surface area (Å²) in [4.78, 5) is 24.7. The largest absolute Gasteiger partial charge is 0.394 e. The molecule has 0 unspecified atom stereocenters. The third-order valence-electron chi connectivity index (χ3n) is 3.41. The molecule has 1 aromatic heterocycles. The van der Waals surface area contributed by atoms with Crippen molar-refractivity contribution in [2.75, 3.05) is 17.2 Å². The summed E-state index contributed by atoms with van der Waals surface area (Å²) in [5, 5.41) is 18.2. The highest BCUT2D eigenvalue weighted by Gasteiger charge is 2.16. The Kier molecular flexibility index (Phi) is 6.97. The first-order valence-electron chi connectivity index (χ1n) is 8.12. The first kappa shape index (κ1) is 19.0. The molecule has 0 saturated heterocycles. The van der Waals surface area contributed by atoms with E-state index in [0.29, 0.717) is 27.9 Å². The molecule has 0 bridgehead atoms. The highest BCUT2D eigenvalue weighted by Crippen LogP contribution is 2.22. The molecule has 1 heterocycles. The van der Waals surface area contributed by atoms with Crippen LogP contribution < -0.4 is 16.0 Å². The zero-order chi connectivity index (χ0) is 18.2. The first-order chi connectivity index (χ1) is 12.0. The average Bonchev–Trinajstić information content (AvgIpc) is 3.03. The van der Waals surface area contributed by atoms with E-state index < -0.39 is 0 Å². The number of urea groups is 1.